The number of benzene rings is 2. The number of carbonyl (C=O) groups excluding carboxylic acids is 1. The van der Waals surface area contributed by atoms with Crippen LogP contribution < -0.4 is 5.32 Å². The highest BCUT2D eigenvalue weighted by atomic mass is 32.2. The summed E-state index contributed by atoms with van der Waals surface area (Å²) in [6.45, 7) is 1.78. The molecule has 0 unspecified atom stereocenters. The summed E-state index contributed by atoms with van der Waals surface area (Å²) in [6, 6.07) is 11.0. The van der Waals surface area contributed by atoms with Gasteiger partial charge in [0, 0.05) is 22.8 Å². The highest BCUT2D eigenvalue weighted by molar-refractivity contribution is 7.90. The zero-order valence-corrected chi connectivity index (χ0v) is 18.0. The average molecular weight is 427 g/mol. The van der Waals surface area contributed by atoms with Crippen molar-refractivity contribution in [2.24, 2.45) is 0 Å². The van der Waals surface area contributed by atoms with Crippen LogP contribution in [0.4, 0.5) is 5.13 Å². The Hall–Kier alpha value is -2.51. The fourth-order valence-electron chi connectivity index (χ4n) is 3.60. The number of nitrogens with zero attached hydrogens (tertiary/aromatic N) is 1. The molecule has 1 N–H and O–H groups in total. The predicted molar refractivity (Wildman–Crippen MR) is 116 cm³/mol. The zero-order chi connectivity index (χ0) is 20.6. The van der Waals surface area contributed by atoms with Gasteiger partial charge in [-0.2, -0.15) is 0 Å². The number of amides is 1. The number of nitrogens with one attached hydrogen (secondary N) is 1. The molecule has 1 aliphatic rings. The van der Waals surface area contributed by atoms with Gasteiger partial charge >= 0.3 is 0 Å². The van der Waals surface area contributed by atoms with Gasteiger partial charge in [-0.05, 0) is 67.5 Å². The highest BCUT2D eigenvalue weighted by Gasteiger charge is 2.17. The third-order valence-corrected chi connectivity index (χ3v) is 7.12. The molecule has 3 aromatic rings. The first-order chi connectivity index (χ1) is 13.8. The first kappa shape index (κ1) is 19.8. The number of hydrogen-bond acceptors (Lipinski definition) is 5. The second kappa shape index (κ2) is 7.72. The summed E-state index contributed by atoms with van der Waals surface area (Å²) in [7, 11) is -3.38. The summed E-state index contributed by atoms with van der Waals surface area (Å²) in [4.78, 5) is 17.4. The molecule has 0 atom stereocenters. The van der Waals surface area contributed by atoms with Crippen LogP contribution in [0.25, 0.3) is 11.3 Å². The third-order valence-electron chi connectivity index (χ3n) is 5.25. The Kier molecular flexibility index (Phi) is 5.27. The SMILES string of the molecule is Cc1ccc(S(C)(=O)=O)cc1C(=O)Nc1nc(-c2ccc3c(c2)CCCC3)cs1. The monoisotopic (exact) mass is 426 g/mol. The lowest BCUT2D eigenvalue weighted by molar-refractivity contribution is 0.102. The smallest absolute Gasteiger partial charge is 0.257 e. The van der Waals surface area contributed by atoms with Crippen LogP contribution >= 0.6 is 11.3 Å². The minimum Gasteiger partial charge on any atom is -0.298 e. The number of thiazole rings is 1. The van der Waals surface area contributed by atoms with Gasteiger partial charge in [0.15, 0.2) is 15.0 Å². The summed E-state index contributed by atoms with van der Waals surface area (Å²) in [6.07, 6.45) is 5.84. The van der Waals surface area contributed by atoms with E-state index in [1.165, 1.54) is 47.4 Å². The molecule has 0 spiro atoms. The molecule has 0 fully saturated rings. The van der Waals surface area contributed by atoms with Gasteiger partial charge in [-0.15, -0.1) is 11.3 Å². The minimum atomic E-state index is -3.38. The first-order valence-electron chi connectivity index (χ1n) is 9.51. The van der Waals surface area contributed by atoms with Gasteiger partial charge in [0.25, 0.3) is 5.91 Å². The van der Waals surface area contributed by atoms with Crippen molar-refractivity contribution in [2.45, 2.75) is 37.5 Å². The van der Waals surface area contributed by atoms with E-state index in [9.17, 15) is 13.2 Å². The van der Waals surface area contributed by atoms with Crippen molar-refractivity contribution in [3.63, 3.8) is 0 Å². The Morgan fingerprint density at radius 2 is 1.83 bits per heavy atom. The predicted octanol–water partition coefficient (Wildman–Crippen LogP) is 4.65. The molecule has 0 radical (unpaired) electrons. The van der Waals surface area contributed by atoms with Crippen molar-refractivity contribution in [2.75, 3.05) is 11.6 Å². The molecule has 0 saturated heterocycles. The van der Waals surface area contributed by atoms with E-state index in [2.05, 4.69) is 28.5 Å². The molecule has 7 heteroatoms. The summed E-state index contributed by atoms with van der Waals surface area (Å²) < 4.78 is 23.6. The number of carbonyl (C=O) groups is 1. The van der Waals surface area contributed by atoms with E-state index in [1.807, 2.05) is 5.38 Å². The van der Waals surface area contributed by atoms with Gasteiger partial charge in [-0.25, -0.2) is 13.4 Å². The summed E-state index contributed by atoms with van der Waals surface area (Å²) >= 11 is 1.36. The molecule has 0 saturated carbocycles. The van der Waals surface area contributed by atoms with Crippen LogP contribution in [0.3, 0.4) is 0 Å². The molecule has 0 bridgehead atoms. The Labute approximate surface area is 174 Å². The quantitative estimate of drug-likeness (QED) is 0.659. The lowest BCUT2D eigenvalue weighted by atomic mass is 9.90. The number of aryl methyl sites for hydroxylation is 3. The van der Waals surface area contributed by atoms with Crippen LogP contribution in [-0.2, 0) is 22.7 Å². The fourth-order valence-corrected chi connectivity index (χ4v) is 4.96. The van der Waals surface area contributed by atoms with Crippen molar-refractivity contribution < 1.29 is 13.2 Å². The van der Waals surface area contributed by atoms with Gasteiger partial charge in [0.1, 0.15) is 0 Å². The van der Waals surface area contributed by atoms with Gasteiger partial charge in [-0.1, -0.05) is 18.2 Å². The zero-order valence-electron chi connectivity index (χ0n) is 16.4. The van der Waals surface area contributed by atoms with E-state index < -0.39 is 9.84 Å². The van der Waals surface area contributed by atoms with Crippen molar-refractivity contribution in [1.29, 1.82) is 0 Å². The van der Waals surface area contributed by atoms with Crippen LogP contribution in [0, 0.1) is 6.92 Å². The molecule has 1 heterocycles. The average Bonchev–Trinajstić information content (AvgIpc) is 3.15. The van der Waals surface area contributed by atoms with Crippen molar-refractivity contribution >= 4 is 32.2 Å². The minimum absolute atomic E-state index is 0.127. The molecule has 2 aromatic carbocycles. The number of rotatable bonds is 4. The highest BCUT2D eigenvalue weighted by Crippen LogP contribution is 2.30. The molecule has 4 rings (SSSR count). The maximum absolute atomic E-state index is 12.7. The molecule has 5 nitrogen and oxygen atoms in total. The Balaban J connectivity index is 1.56. The molecule has 1 aromatic heterocycles. The van der Waals surface area contributed by atoms with E-state index in [4.69, 9.17) is 0 Å². The van der Waals surface area contributed by atoms with Crippen molar-refractivity contribution in [1.82, 2.24) is 4.98 Å². The topological polar surface area (TPSA) is 76.1 Å². The maximum Gasteiger partial charge on any atom is 0.257 e. The third kappa shape index (κ3) is 4.26. The molecule has 150 valence electrons. The first-order valence-corrected chi connectivity index (χ1v) is 12.3. The number of sulfone groups is 1. The van der Waals surface area contributed by atoms with E-state index in [0.717, 1.165) is 30.4 Å². The molecular formula is C22H22N2O3S2. The number of hydrogen-bond donors (Lipinski definition) is 1. The lowest BCUT2D eigenvalue weighted by Crippen LogP contribution is -2.14. The van der Waals surface area contributed by atoms with Crippen LogP contribution in [-0.4, -0.2) is 25.6 Å². The van der Waals surface area contributed by atoms with Gasteiger partial charge in [0.2, 0.25) is 0 Å². The number of fused-ring (bicyclic) bond motifs is 1. The summed E-state index contributed by atoms with van der Waals surface area (Å²) in [5, 5.41) is 5.23. The molecule has 0 aliphatic heterocycles. The van der Waals surface area contributed by atoms with Crippen molar-refractivity contribution in [3.8, 4) is 11.3 Å². The molecule has 1 aliphatic carbocycles. The van der Waals surface area contributed by atoms with Crippen LogP contribution in [0.1, 0.15) is 39.9 Å². The summed E-state index contributed by atoms with van der Waals surface area (Å²) in [5.41, 5.74) is 5.74. The van der Waals surface area contributed by atoms with Gasteiger partial charge in [0.05, 0.1) is 10.6 Å². The van der Waals surface area contributed by atoms with Gasteiger partial charge < -0.3 is 0 Å². The van der Waals surface area contributed by atoms with Crippen LogP contribution in [0.2, 0.25) is 0 Å². The fraction of sp³-hybridized carbons (Fsp3) is 0.273. The van der Waals surface area contributed by atoms with E-state index in [1.54, 1.807) is 13.0 Å². The van der Waals surface area contributed by atoms with Crippen LogP contribution in [0.5, 0.6) is 0 Å². The second-order valence-electron chi connectivity index (χ2n) is 7.43. The Bertz CT molecular complexity index is 1200. The largest absolute Gasteiger partial charge is 0.298 e. The number of anilines is 1. The molecule has 1 amide bonds. The van der Waals surface area contributed by atoms with Crippen molar-refractivity contribution in [3.05, 3.63) is 64.0 Å². The summed E-state index contributed by atoms with van der Waals surface area (Å²) in [5.74, 6) is -0.362. The van der Waals surface area contributed by atoms with Gasteiger partial charge in [-0.3, -0.25) is 10.1 Å². The maximum atomic E-state index is 12.7. The second-order valence-corrected chi connectivity index (χ2v) is 10.3. The van der Waals surface area contributed by atoms with E-state index >= 15 is 0 Å². The normalized spacial score (nSPS) is 13.7. The van der Waals surface area contributed by atoms with Crippen LogP contribution in [0.15, 0.2) is 46.7 Å². The number of aromatic nitrogens is 1. The lowest BCUT2D eigenvalue weighted by Gasteiger charge is -2.16. The molecule has 29 heavy (non-hydrogen) atoms. The van der Waals surface area contributed by atoms with E-state index in [0.29, 0.717) is 16.3 Å². The molecular weight excluding hydrogens is 404 g/mol. The Morgan fingerprint density at radius 3 is 2.59 bits per heavy atom. The van der Waals surface area contributed by atoms with E-state index in [-0.39, 0.29) is 10.8 Å². The Morgan fingerprint density at radius 1 is 1.07 bits per heavy atom. The standard InChI is InChI=1S/C22H22N2O3S2/c1-14-7-10-18(29(2,26)27)12-19(14)21(25)24-22-23-20(13-28-22)17-9-8-15-5-3-4-6-16(15)11-17/h7-13H,3-6H2,1-2H3,(H,23,24,25).